The maximum atomic E-state index is 6.97. The first-order valence-corrected chi connectivity index (χ1v) is 11.1. The molecule has 4 aromatic rings. The molecule has 0 N–H and O–H groups in total. The lowest BCUT2D eigenvalue weighted by Crippen LogP contribution is -2.40. The predicted molar refractivity (Wildman–Crippen MR) is 130 cm³/mol. The Morgan fingerprint density at radius 1 is 0.647 bits per heavy atom. The maximum absolute atomic E-state index is 6.97. The van der Waals surface area contributed by atoms with Crippen molar-refractivity contribution in [1.82, 2.24) is 0 Å². The topological polar surface area (TPSA) is 46.2 Å². The summed E-state index contributed by atoms with van der Waals surface area (Å²) in [5, 5.41) is 0. The third-order valence-electron chi connectivity index (χ3n) is 6.10. The zero-order valence-electron chi connectivity index (χ0n) is 19.4. The minimum Gasteiger partial charge on any atom is -0.497 e. The van der Waals surface area contributed by atoms with Crippen LogP contribution in [0.15, 0.2) is 97.1 Å². The van der Waals surface area contributed by atoms with Gasteiger partial charge in [-0.3, -0.25) is 0 Å². The van der Waals surface area contributed by atoms with E-state index >= 15 is 0 Å². The fourth-order valence-corrected chi connectivity index (χ4v) is 4.47. The van der Waals surface area contributed by atoms with Crippen LogP contribution in [-0.2, 0) is 10.3 Å². The molecule has 0 spiro atoms. The van der Waals surface area contributed by atoms with E-state index in [2.05, 4.69) is 24.3 Å². The van der Waals surface area contributed by atoms with Gasteiger partial charge < -0.3 is 23.7 Å². The molecular weight excluding hydrogens is 428 g/mol. The largest absolute Gasteiger partial charge is 0.497 e. The number of benzene rings is 4. The highest BCUT2D eigenvalue weighted by Gasteiger charge is 2.48. The Morgan fingerprint density at radius 3 is 1.88 bits per heavy atom. The summed E-state index contributed by atoms with van der Waals surface area (Å²) in [6.45, 7) is 0. The van der Waals surface area contributed by atoms with E-state index < -0.39 is 11.9 Å². The van der Waals surface area contributed by atoms with Crippen LogP contribution in [-0.4, -0.2) is 21.3 Å². The van der Waals surface area contributed by atoms with E-state index in [1.807, 2.05) is 72.8 Å². The van der Waals surface area contributed by atoms with Gasteiger partial charge in [0.1, 0.15) is 11.5 Å². The third-order valence-corrected chi connectivity index (χ3v) is 6.10. The summed E-state index contributed by atoms with van der Waals surface area (Å²) in [5.74, 6) is 2.55. The van der Waals surface area contributed by atoms with E-state index in [-0.39, 0.29) is 0 Å². The van der Waals surface area contributed by atoms with Gasteiger partial charge in [0.05, 0.1) is 21.3 Å². The van der Waals surface area contributed by atoms with Gasteiger partial charge in [-0.25, -0.2) is 0 Å². The molecule has 1 unspecified atom stereocenters. The van der Waals surface area contributed by atoms with Gasteiger partial charge in [-0.1, -0.05) is 72.8 Å². The van der Waals surface area contributed by atoms with Gasteiger partial charge in [0.25, 0.3) is 0 Å². The fourth-order valence-electron chi connectivity index (χ4n) is 4.47. The molecule has 34 heavy (non-hydrogen) atoms. The van der Waals surface area contributed by atoms with Crippen molar-refractivity contribution in [3.05, 3.63) is 119 Å². The van der Waals surface area contributed by atoms with Crippen LogP contribution in [0.1, 0.15) is 28.5 Å². The zero-order valence-corrected chi connectivity index (χ0v) is 19.4. The highest BCUT2D eigenvalue weighted by Crippen LogP contribution is 2.55. The van der Waals surface area contributed by atoms with Gasteiger partial charge in [-0.05, 0) is 29.3 Å². The molecule has 172 valence electrons. The van der Waals surface area contributed by atoms with Crippen molar-refractivity contribution in [1.29, 1.82) is 0 Å². The molecular formula is C29H26O5. The first kappa shape index (κ1) is 21.9. The number of ether oxygens (including phenoxy) is 5. The molecule has 0 saturated carbocycles. The van der Waals surface area contributed by atoms with E-state index in [9.17, 15) is 0 Å². The fraction of sp³-hybridized carbons (Fsp3) is 0.172. The van der Waals surface area contributed by atoms with Crippen LogP contribution in [0.2, 0.25) is 0 Å². The van der Waals surface area contributed by atoms with Crippen LogP contribution >= 0.6 is 0 Å². The van der Waals surface area contributed by atoms with Gasteiger partial charge in [-0.15, -0.1) is 0 Å². The monoisotopic (exact) mass is 454 g/mol. The predicted octanol–water partition coefficient (Wildman–Crippen LogP) is 6.11. The van der Waals surface area contributed by atoms with Crippen molar-refractivity contribution in [2.45, 2.75) is 11.9 Å². The Labute approximate surface area is 199 Å². The Kier molecular flexibility index (Phi) is 5.86. The smallest absolute Gasteiger partial charge is 0.228 e. The van der Waals surface area contributed by atoms with Gasteiger partial charge in [0, 0.05) is 17.2 Å². The maximum Gasteiger partial charge on any atom is 0.228 e. The molecule has 0 aliphatic carbocycles. The van der Waals surface area contributed by atoms with Crippen LogP contribution in [0.4, 0.5) is 0 Å². The second-order valence-corrected chi connectivity index (χ2v) is 7.96. The Balaban J connectivity index is 1.83. The minimum atomic E-state index is -0.980. The zero-order chi connectivity index (χ0) is 23.5. The third kappa shape index (κ3) is 3.64. The molecule has 0 aromatic heterocycles. The summed E-state index contributed by atoms with van der Waals surface area (Å²) in [7, 11) is 4.91. The number of hydrogen-bond acceptors (Lipinski definition) is 5. The van der Waals surface area contributed by atoms with Crippen LogP contribution in [0, 0.1) is 0 Å². The van der Waals surface area contributed by atoms with Crippen LogP contribution < -0.4 is 18.9 Å². The number of methoxy groups -OCH3 is 3. The molecule has 0 bridgehead atoms. The van der Waals surface area contributed by atoms with Crippen molar-refractivity contribution in [2.75, 3.05) is 21.3 Å². The van der Waals surface area contributed by atoms with E-state index in [0.717, 1.165) is 28.0 Å². The van der Waals surface area contributed by atoms with Crippen LogP contribution in [0.5, 0.6) is 23.0 Å². The van der Waals surface area contributed by atoms with Gasteiger partial charge in [0.15, 0.2) is 17.1 Å². The first-order chi connectivity index (χ1) is 16.7. The first-order valence-electron chi connectivity index (χ1n) is 11.1. The molecule has 4 aromatic carbocycles. The SMILES string of the molecule is COc1cccc(C2Oc3c(OC)cc(OC)cc3C(c3ccccc3)(c3ccccc3)O2)c1. The van der Waals surface area contributed by atoms with E-state index in [1.54, 1.807) is 21.3 Å². The second-order valence-electron chi connectivity index (χ2n) is 7.96. The Bertz CT molecular complexity index is 1230. The Hall–Kier alpha value is -3.96. The summed E-state index contributed by atoms with van der Waals surface area (Å²) < 4.78 is 30.3. The lowest BCUT2D eigenvalue weighted by molar-refractivity contribution is -0.168. The molecule has 0 fully saturated rings. The molecule has 1 aliphatic rings. The van der Waals surface area contributed by atoms with Gasteiger partial charge >= 0.3 is 0 Å². The summed E-state index contributed by atoms with van der Waals surface area (Å²) in [5.41, 5.74) is 2.59. The number of rotatable bonds is 6. The standard InChI is InChI=1S/C29H26O5/c1-30-23-16-10-11-20(17-23)28-33-27-25(18-24(31-2)19-26(27)32-3)29(34-28,21-12-6-4-7-13-21)22-14-8-5-9-15-22/h4-19,28H,1-3H3. The van der Waals surface area contributed by atoms with E-state index in [4.69, 9.17) is 23.7 Å². The Morgan fingerprint density at radius 2 is 1.29 bits per heavy atom. The molecule has 0 amide bonds. The molecule has 5 heteroatoms. The lowest BCUT2D eigenvalue weighted by atomic mass is 9.78. The molecule has 1 atom stereocenters. The minimum absolute atomic E-state index is 0.571. The highest BCUT2D eigenvalue weighted by atomic mass is 16.7. The molecule has 5 rings (SSSR count). The molecule has 0 radical (unpaired) electrons. The number of fused-ring (bicyclic) bond motifs is 1. The van der Waals surface area contributed by atoms with Crippen LogP contribution in [0.25, 0.3) is 0 Å². The highest BCUT2D eigenvalue weighted by molar-refractivity contribution is 5.61. The summed E-state index contributed by atoms with van der Waals surface area (Å²) in [6.07, 6.45) is -0.717. The number of hydrogen-bond donors (Lipinski definition) is 0. The normalized spacial score (nSPS) is 16.1. The molecule has 5 nitrogen and oxygen atoms in total. The molecule has 1 aliphatic heterocycles. The molecule has 0 saturated heterocycles. The second kappa shape index (κ2) is 9.12. The average Bonchev–Trinajstić information content (AvgIpc) is 2.92. The van der Waals surface area contributed by atoms with Crippen molar-refractivity contribution in [3.63, 3.8) is 0 Å². The van der Waals surface area contributed by atoms with E-state index in [1.165, 1.54) is 0 Å². The van der Waals surface area contributed by atoms with Gasteiger partial charge in [0.2, 0.25) is 6.29 Å². The average molecular weight is 455 g/mol. The van der Waals surface area contributed by atoms with Crippen molar-refractivity contribution in [3.8, 4) is 23.0 Å². The van der Waals surface area contributed by atoms with E-state index in [0.29, 0.717) is 17.2 Å². The summed E-state index contributed by atoms with van der Waals surface area (Å²) in [6, 6.07) is 31.8. The quantitative estimate of drug-likeness (QED) is 0.352. The van der Waals surface area contributed by atoms with Gasteiger partial charge in [-0.2, -0.15) is 0 Å². The molecule has 1 heterocycles. The van der Waals surface area contributed by atoms with Crippen molar-refractivity contribution < 1.29 is 23.7 Å². The van der Waals surface area contributed by atoms with Crippen molar-refractivity contribution in [2.24, 2.45) is 0 Å². The summed E-state index contributed by atoms with van der Waals surface area (Å²) in [4.78, 5) is 0. The van der Waals surface area contributed by atoms with Crippen LogP contribution in [0.3, 0.4) is 0 Å². The summed E-state index contributed by atoms with van der Waals surface area (Å²) >= 11 is 0. The van der Waals surface area contributed by atoms with Crippen molar-refractivity contribution >= 4 is 0 Å². The lowest BCUT2D eigenvalue weighted by Gasteiger charge is -2.43.